The smallest absolute Gasteiger partial charge is 0.127 e. The van der Waals surface area contributed by atoms with Gasteiger partial charge in [0.25, 0.3) is 0 Å². The first-order valence-electron chi connectivity index (χ1n) is 10.5. The second kappa shape index (κ2) is 9.36. The first-order chi connectivity index (χ1) is 16.7. The first kappa shape index (κ1) is 21.7. The van der Waals surface area contributed by atoms with Gasteiger partial charge in [0.15, 0.2) is 0 Å². The standard InChI is InChI=1S/C25H21ClN6O2/c1-33-19-6-3-17(25(13-19)34-2)14-27-23-15-29-30-22-11-16(4-7-20(22)23)21-12-18(26)5-8-24(21)32-10-9-28-31-32/h3-13,15H,14H2,1-2H3,(H,27,30). The van der Waals surface area contributed by atoms with Gasteiger partial charge in [-0.2, -0.15) is 10.2 Å². The minimum atomic E-state index is 0.556. The molecular formula is C25H21ClN6O2. The summed E-state index contributed by atoms with van der Waals surface area (Å²) in [6.45, 7) is 0.556. The number of benzene rings is 3. The highest BCUT2D eigenvalue weighted by molar-refractivity contribution is 6.31. The van der Waals surface area contributed by atoms with Gasteiger partial charge in [0.05, 0.1) is 49.7 Å². The third-order valence-corrected chi connectivity index (χ3v) is 5.78. The first-order valence-corrected chi connectivity index (χ1v) is 10.9. The molecule has 1 N–H and O–H groups in total. The van der Waals surface area contributed by atoms with Crippen LogP contribution in [0.15, 0.2) is 73.2 Å². The maximum atomic E-state index is 6.31. The van der Waals surface area contributed by atoms with Crippen molar-refractivity contribution >= 4 is 28.2 Å². The minimum Gasteiger partial charge on any atom is -0.497 e. The van der Waals surface area contributed by atoms with Gasteiger partial charge in [-0.3, -0.25) is 0 Å². The highest BCUT2D eigenvalue weighted by Crippen LogP contribution is 2.33. The molecule has 8 nitrogen and oxygen atoms in total. The highest BCUT2D eigenvalue weighted by Gasteiger charge is 2.12. The van der Waals surface area contributed by atoms with E-state index in [2.05, 4.69) is 25.8 Å². The summed E-state index contributed by atoms with van der Waals surface area (Å²) in [5.41, 5.74) is 5.37. The summed E-state index contributed by atoms with van der Waals surface area (Å²) in [5, 5.41) is 21.6. The zero-order valence-electron chi connectivity index (χ0n) is 18.6. The number of halogens is 1. The Kier molecular flexibility index (Phi) is 5.97. The molecule has 9 heteroatoms. The fourth-order valence-corrected chi connectivity index (χ4v) is 4.01. The van der Waals surface area contributed by atoms with Gasteiger partial charge in [0.2, 0.25) is 0 Å². The van der Waals surface area contributed by atoms with Gasteiger partial charge in [-0.1, -0.05) is 22.9 Å². The van der Waals surface area contributed by atoms with Gasteiger partial charge >= 0.3 is 0 Å². The number of methoxy groups -OCH3 is 2. The maximum absolute atomic E-state index is 6.31. The normalized spacial score (nSPS) is 10.9. The van der Waals surface area contributed by atoms with Crippen LogP contribution in [-0.4, -0.2) is 39.4 Å². The molecule has 0 unspecified atom stereocenters. The molecule has 0 bridgehead atoms. The van der Waals surface area contributed by atoms with Crippen LogP contribution >= 0.6 is 11.6 Å². The van der Waals surface area contributed by atoms with Crippen LogP contribution in [-0.2, 0) is 6.54 Å². The van der Waals surface area contributed by atoms with Crippen molar-refractivity contribution in [2.24, 2.45) is 0 Å². The number of hydrogen-bond acceptors (Lipinski definition) is 7. The third kappa shape index (κ3) is 4.23. The molecule has 0 radical (unpaired) electrons. The van der Waals surface area contributed by atoms with Crippen LogP contribution in [0.1, 0.15) is 5.56 Å². The molecular weight excluding hydrogens is 452 g/mol. The van der Waals surface area contributed by atoms with E-state index >= 15 is 0 Å². The summed E-state index contributed by atoms with van der Waals surface area (Å²) in [6, 6.07) is 17.5. The second-order valence-corrected chi connectivity index (χ2v) is 7.97. The SMILES string of the molecule is COc1ccc(CNc2cnnc3cc(-c4cc(Cl)ccc4-n4ccnn4)ccc23)c(OC)c1. The van der Waals surface area contributed by atoms with E-state index < -0.39 is 0 Å². The van der Waals surface area contributed by atoms with Crippen LogP contribution in [0.2, 0.25) is 5.02 Å². The lowest BCUT2D eigenvalue weighted by Gasteiger charge is -2.14. The number of anilines is 1. The lowest BCUT2D eigenvalue weighted by molar-refractivity contribution is 0.391. The van der Waals surface area contributed by atoms with E-state index in [1.165, 1.54) is 0 Å². The number of aromatic nitrogens is 5. The van der Waals surface area contributed by atoms with Crippen LogP contribution < -0.4 is 14.8 Å². The summed E-state index contributed by atoms with van der Waals surface area (Å²) < 4.78 is 12.5. The Bertz CT molecular complexity index is 1460. The Hall–Kier alpha value is -4.17. The van der Waals surface area contributed by atoms with E-state index in [1.54, 1.807) is 37.5 Å². The van der Waals surface area contributed by atoms with Crippen LogP contribution in [0.4, 0.5) is 5.69 Å². The molecule has 34 heavy (non-hydrogen) atoms. The van der Waals surface area contributed by atoms with Crippen molar-refractivity contribution in [1.29, 1.82) is 0 Å². The molecule has 0 saturated heterocycles. The number of ether oxygens (including phenoxy) is 2. The van der Waals surface area contributed by atoms with E-state index in [4.69, 9.17) is 21.1 Å². The molecule has 0 atom stereocenters. The quantitative estimate of drug-likeness (QED) is 0.350. The van der Waals surface area contributed by atoms with Crippen LogP contribution in [0.5, 0.6) is 11.5 Å². The molecule has 0 aliphatic carbocycles. The molecule has 2 aromatic heterocycles. The van der Waals surface area contributed by atoms with Gasteiger partial charge in [0.1, 0.15) is 11.5 Å². The van der Waals surface area contributed by atoms with Crippen LogP contribution in [0.3, 0.4) is 0 Å². The van der Waals surface area contributed by atoms with Gasteiger partial charge in [-0.25, -0.2) is 4.68 Å². The number of rotatable bonds is 7. The molecule has 0 spiro atoms. The third-order valence-electron chi connectivity index (χ3n) is 5.54. The van der Waals surface area contributed by atoms with Crippen molar-refractivity contribution in [2.45, 2.75) is 6.54 Å². The van der Waals surface area contributed by atoms with Crippen LogP contribution in [0.25, 0.3) is 27.7 Å². The number of nitrogens with one attached hydrogen (secondary N) is 1. The molecule has 0 aliphatic rings. The summed E-state index contributed by atoms with van der Waals surface area (Å²) in [4.78, 5) is 0. The summed E-state index contributed by atoms with van der Waals surface area (Å²) in [7, 11) is 3.28. The predicted octanol–water partition coefficient (Wildman–Crippen LogP) is 5.16. The van der Waals surface area contributed by atoms with E-state index in [9.17, 15) is 0 Å². The maximum Gasteiger partial charge on any atom is 0.127 e. The monoisotopic (exact) mass is 472 g/mol. The summed E-state index contributed by atoms with van der Waals surface area (Å²) >= 11 is 6.31. The van der Waals surface area contributed by atoms with Gasteiger partial charge in [0, 0.05) is 34.1 Å². The van der Waals surface area contributed by atoms with Crippen molar-refractivity contribution in [2.75, 3.05) is 19.5 Å². The largest absolute Gasteiger partial charge is 0.497 e. The fourth-order valence-electron chi connectivity index (χ4n) is 3.83. The number of hydrogen-bond donors (Lipinski definition) is 1. The molecule has 0 amide bonds. The van der Waals surface area contributed by atoms with E-state index in [-0.39, 0.29) is 0 Å². The van der Waals surface area contributed by atoms with E-state index in [1.807, 2.05) is 54.6 Å². The van der Waals surface area contributed by atoms with Crippen molar-refractivity contribution in [3.63, 3.8) is 0 Å². The average molecular weight is 473 g/mol. The van der Waals surface area contributed by atoms with Crippen molar-refractivity contribution in [3.05, 3.63) is 83.8 Å². The van der Waals surface area contributed by atoms with Crippen molar-refractivity contribution in [1.82, 2.24) is 25.2 Å². The number of fused-ring (bicyclic) bond motifs is 1. The molecule has 5 rings (SSSR count). The predicted molar refractivity (Wildman–Crippen MR) is 132 cm³/mol. The van der Waals surface area contributed by atoms with Gasteiger partial charge < -0.3 is 14.8 Å². The molecule has 5 aromatic rings. The highest BCUT2D eigenvalue weighted by atomic mass is 35.5. The topological polar surface area (TPSA) is 87.0 Å². The fraction of sp³-hybridized carbons (Fsp3) is 0.120. The molecule has 0 aliphatic heterocycles. The molecule has 3 aromatic carbocycles. The van der Waals surface area contributed by atoms with E-state index in [0.717, 1.165) is 50.5 Å². The average Bonchev–Trinajstić information content (AvgIpc) is 3.41. The van der Waals surface area contributed by atoms with E-state index in [0.29, 0.717) is 11.6 Å². The zero-order valence-corrected chi connectivity index (χ0v) is 19.3. The minimum absolute atomic E-state index is 0.556. The lowest BCUT2D eigenvalue weighted by Crippen LogP contribution is -2.03. The zero-order chi connectivity index (χ0) is 23.5. The summed E-state index contributed by atoms with van der Waals surface area (Å²) in [5.74, 6) is 1.50. The Morgan fingerprint density at radius 1 is 0.971 bits per heavy atom. The Labute approximate surface area is 201 Å². The number of nitrogens with zero attached hydrogens (tertiary/aromatic N) is 5. The Morgan fingerprint density at radius 2 is 1.88 bits per heavy atom. The molecule has 2 heterocycles. The second-order valence-electron chi connectivity index (χ2n) is 7.53. The molecule has 170 valence electrons. The van der Waals surface area contributed by atoms with Gasteiger partial charge in [-0.15, -0.1) is 5.10 Å². The van der Waals surface area contributed by atoms with Crippen LogP contribution in [0, 0.1) is 0 Å². The molecule has 0 saturated carbocycles. The van der Waals surface area contributed by atoms with Crippen molar-refractivity contribution < 1.29 is 9.47 Å². The lowest BCUT2D eigenvalue weighted by atomic mass is 10.0. The molecule has 0 fully saturated rings. The Morgan fingerprint density at radius 3 is 2.68 bits per heavy atom. The van der Waals surface area contributed by atoms with Gasteiger partial charge in [-0.05, 0) is 48.0 Å². The Balaban J connectivity index is 1.48. The summed E-state index contributed by atoms with van der Waals surface area (Å²) in [6.07, 6.45) is 5.15. The van der Waals surface area contributed by atoms with Crippen molar-refractivity contribution in [3.8, 4) is 28.3 Å².